The first-order chi connectivity index (χ1) is 21.0. The average molecular weight is 625 g/mol. The van der Waals surface area contributed by atoms with Gasteiger partial charge in [0.15, 0.2) is 0 Å². The second kappa shape index (κ2) is 16.9. The molecule has 12 heteroatoms. The Kier molecular flexibility index (Phi) is 13.3. The summed E-state index contributed by atoms with van der Waals surface area (Å²) in [5.74, 6) is -0.342. The third-order valence-corrected chi connectivity index (χ3v) is 8.52. The van der Waals surface area contributed by atoms with Crippen LogP contribution in [0.15, 0.2) is 83.8 Å². The quantitative estimate of drug-likeness (QED) is 0.161. The van der Waals surface area contributed by atoms with Crippen LogP contribution in [0.4, 0.5) is 11.4 Å². The van der Waals surface area contributed by atoms with Gasteiger partial charge < -0.3 is 20.0 Å². The summed E-state index contributed by atoms with van der Waals surface area (Å²) in [6.45, 7) is 2.16. The molecule has 0 saturated carbocycles. The van der Waals surface area contributed by atoms with E-state index >= 15 is 0 Å². The number of hydrogen-bond donors (Lipinski definition) is 2. The summed E-state index contributed by atoms with van der Waals surface area (Å²) in [6.07, 6.45) is 2.07. The number of benzene rings is 3. The summed E-state index contributed by atoms with van der Waals surface area (Å²) in [4.78, 5) is 30.0. The van der Waals surface area contributed by atoms with Crippen LogP contribution >= 0.6 is 0 Å². The Morgan fingerprint density at radius 2 is 1.41 bits per heavy atom. The molecule has 0 heterocycles. The summed E-state index contributed by atoms with van der Waals surface area (Å²) < 4.78 is 28.8. The fourth-order valence-corrected chi connectivity index (χ4v) is 5.79. The van der Waals surface area contributed by atoms with Crippen molar-refractivity contribution in [2.75, 3.05) is 66.2 Å². The summed E-state index contributed by atoms with van der Waals surface area (Å²) in [6, 6.07) is 22.8. The van der Waals surface area contributed by atoms with E-state index in [9.17, 15) is 23.3 Å². The van der Waals surface area contributed by atoms with Crippen LogP contribution < -0.4 is 10.0 Å². The van der Waals surface area contributed by atoms with E-state index in [4.69, 9.17) is 0 Å². The van der Waals surface area contributed by atoms with Gasteiger partial charge in [-0.15, -0.1) is 0 Å². The molecule has 2 N–H and O–H groups in total. The van der Waals surface area contributed by atoms with Crippen molar-refractivity contribution in [1.82, 2.24) is 19.4 Å². The van der Waals surface area contributed by atoms with Crippen LogP contribution in [-0.4, -0.2) is 94.9 Å². The van der Waals surface area contributed by atoms with Gasteiger partial charge in [-0.3, -0.25) is 14.9 Å². The number of anilines is 1. The largest absolute Gasteiger partial charge is 0.372 e. The molecule has 1 amide bonds. The molecule has 0 aliphatic rings. The van der Waals surface area contributed by atoms with Gasteiger partial charge >= 0.3 is 0 Å². The number of carbonyl (C=O) groups is 1. The predicted molar refractivity (Wildman–Crippen MR) is 174 cm³/mol. The SMILES string of the molecule is CN(C)CCCN(CCCN(C)C)C(=O)CNS(=O)(=O)c1ccc(NC(Cc2ccccc2)c2ccccc2)c([N+](=O)[O-])c1. The van der Waals surface area contributed by atoms with Crippen molar-refractivity contribution in [2.24, 2.45) is 0 Å². The Morgan fingerprint density at radius 1 is 0.841 bits per heavy atom. The fourth-order valence-electron chi connectivity index (χ4n) is 4.80. The lowest BCUT2D eigenvalue weighted by Gasteiger charge is -2.24. The highest BCUT2D eigenvalue weighted by Crippen LogP contribution is 2.32. The molecule has 3 aromatic rings. The molecule has 3 rings (SSSR count). The number of rotatable bonds is 18. The zero-order valence-electron chi connectivity index (χ0n) is 26.0. The van der Waals surface area contributed by atoms with E-state index in [-0.39, 0.29) is 28.2 Å². The lowest BCUT2D eigenvalue weighted by Crippen LogP contribution is -2.42. The van der Waals surface area contributed by atoms with Crippen molar-refractivity contribution in [1.29, 1.82) is 0 Å². The van der Waals surface area contributed by atoms with Gasteiger partial charge in [0.1, 0.15) is 5.69 Å². The van der Waals surface area contributed by atoms with Crippen LogP contribution in [0.2, 0.25) is 0 Å². The van der Waals surface area contributed by atoms with Gasteiger partial charge in [-0.25, -0.2) is 13.1 Å². The summed E-state index contributed by atoms with van der Waals surface area (Å²) in [7, 11) is 3.62. The molecule has 0 fully saturated rings. The zero-order valence-corrected chi connectivity index (χ0v) is 26.8. The maximum Gasteiger partial charge on any atom is 0.293 e. The van der Waals surface area contributed by atoms with E-state index in [2.05, 4.69) is 10.0 Å². The Labute approximate surface area is 261 Å². The van der Waals surface area contributed by atoms with E-state index in [0.717, 1.165) is 43.1 Å². The highest BCUT2D eigenvalue weighted by atomic mass is 32.2. The van der Waals surface area contributed by atoms with Gasteiger partial charge in [0.2, 0.25) is 15.9 Å². The molecular formula is C32H44N6O5S. The van der Waals surface area contributed by atoms with E-state index < -0.39 is 21.5 Å². The molecule has 0 radical (unpaired) electrons. The summed E-state index contributed by atoms with van der Waals surface area (Å²) in [5, 5.41) is 15.4. The Balaban J connectivity index is 1.77. The highest BCUT2D eigenvalue weighted by Gasteiger charge is 2.25. The van der Waals surface area contributed by atoms with E-state index in [1.807, 2.05) is 98.7 Å². The molecule has 0 spiro atoms. The number of nitro benzene ring substituents is 1. The number of sulfonamides is 1. The molecule has 1 atom stereocenters. The third-order valence-electron chi connectivity index (χ3n) is 7.12. The first kappa shape index (κ1) is 34.6. The molecule has 0 saturated heterocycles. The molecule has 238 valence electrons. The van der Waals surface area contributed by atoms with Gasteiger partial charge in [-0.2, -0.15) is 0 Å². The predicted octanol–water partition coefficient (Wildman–Crippen LogP) is 4.00. The number of hydrogen-bond acceptors (Lipinski definition) is 8. The van der Waals surface area contributed by atoms with Crippen LogP contribution in [0.25, 0.3) is 0 Å². The molecule has 1 unspecified atom stereocenters. The van der Waals surface area contributed by atoms with Crippen LogP contribution in [-0.2, 0) is 21.2 Å². The lowest BCUT2D eigenvalue weighted by atomic mass is 9.98. The van der Waals surface area contributed by atoms with Gasteiger partial charge in [0.25, 0.3) is 5.69 Å². The second-order valence-corrected chi connectivity index (χ2v) is 13.0. The van der Waals surface area contributed by atoms with E-state index in [0.29, 0.717) is 19.5 Å². The van der Waals surface area contributed by atoms with E-state index in [1.54, 1.807) is 4.90 Å². The summed E-state index contributed by atoms with van der Waals surface area (Å²) >= 11 is 0. The third kappa shape index (κ3) is 11.0. The van der Waals surface area contributed by atoms with Gasteiger partial charge in [-0.1, -0.05) is 60.7 Å². The highest BCUT2D eigenvalue weighted by molar-refractivity contribution is 7.89. The standard InChI is InChI=1S/C32H44N6O5S/c1-35(2)19-11-21-37(22-12-20-36(3)4)32(39)25-33-44(42,43)28-17-18-29(31(24-28)38(40)41)34-30(27-15-9-6-10-16-27)23-26-13-7-5-8-14-26/h5-10,13-18,24,30,33-34H,11-12,19-23,25H2,1-4H3. The van der Waals surface area contributed by atoms with Crippen molar-refractivity contribution in [2.45, 2.75) is 30.2 Å². The molecule has 0 aromatic heterocycles. The molecule has 3 aromatic carbocycles. The van der Waals surface area contributed by atoms with Crippen molar-refractivity contribution in [3.05, 3.63) is 100 Å². The second-order valence-electron chi connectivity index (χ2n) is 11.3. The van der Waals surface area contributed by atoms with Crippen LogP contribution in [0.1, 0.15) is 30.0 Å². The fraction of sp³-hybridized carbons (Fsp3) is 0.406. The Hall–Kier alpha value is -3.84. The minimum atomic E-state index is -4.20. The molecule has 44 heavy (non-hydrogen) atoms. The Morgan fingerprint density at radius 3 is 1.95 bits per heavy atom. The van der Waals surface area contributed by atoms with Crippen molar-refractivity contribution in [3.63, 3.8) is 0 Å². The van der Waals surface area contributed by atoms with Gasteiger partial charge in [0, 0.05) is 19.2 Å². The normalized spacial score (nSPS) is 12.3. The molecule has 0 bridgehead atoms. The molecule has 0 aliphatic heterocycles. The van der Waals surface area contributed by atoms with Crippen molar-refractivity contribution < 1.29 is 18.1 Å². The lowest BCUT2D eigenvalue weighted by molar-refractivity contribution is -0.384. The number of amides is 1. The number of nitrogens with one attached hydrogen (secondary N) is 2. The number of carbonyl (C=O) groups excluding carboxylic acids is 1. The van der Waals surface area contributed by atoms with Gasteiger partial charge in [-0.05, 0) is 83.8 Å². The first-order valence-corrected chi connectivity index (χ1v) is 16.2. The minimum Gasteiger partial charge on any atom is -0.372 e. The smallest absolute Gasteiger partial charge is 0.293 e. The number of nitro groups is 1. The molecule has 11 nitrogen and oxygen atoms in total. The summed E-state index contributed by atoms with van der Waals surface area (Å²) in [5.41, 5.74) is 1.80. The number of nitrogens with zero attached hydrogens (tertiary/aromatic N) is 4. The van der Waals surface area contributed by atoms with Crippen LogP contribution in [0.3, 0.4) is 0 Å². The minimum absolute atomic E-state index is 0.197. The maximum absolute atomic E-state index is 13.2. The average Bonchev–Trinajstić information content (AvgIpc) is 2.99. The van der Waals surface area contributed by atoms with Crippen molar-refractivity contribution >= 4 is 27.3 Å². The van der Waals surface area contributed by atoms with Crippen LogP contribution in [0.5, 0.6) is 0 Å². The molecule has 0 aliphatic carbocycles. The Bertz CT molecular complexity index is 1440. The van der Waals surface area contributed by atoms with Gasteiger partial charge in [0.05, 0.1) is 22.4 Å². The van der Waals surface area contributed by atoms with Crippen LogP contribution in [0, 0.1) is 10.1 Å². The first-order valence-electron chi connectivity index (χ1n) is 14.7. The maximum atomic E-state index is 13.2. The monoisotopic (exact) mass is 624 g/mol. The van der Waals surface area contributed by atoms with Crippen molar-refractivity contribution in [3.8, 4) is 0 Å². The molecular weight excluding hydrogens is 580 g/mol. The van der Waals surface area contributed by atoms with E-state index in [1.165, 1.54) is 12.1 Å². The zero-order chi connectivity index (χ0) is 32.1. The topological polar surface area (TPSA) is 128 Å².